The van der Waals surface area contributed by atoms with Gasteiger partial charge in [-0.1, -0.05) is 0 Å². The maximum Gasteiger partial charge on any atom is 0.300 e. The van der Waals surface area contributed by atoms with Gasteiger partial charge in [-0.3, -0.25) is 4.79 Å². The number of carboxylic acid groups (broad SMARTS) is 1. The molecule has 0 radical (unpaired) electrons. The molecule has 0 aliphatic carbocycles. The molecular weight excluding hydrogens is 160 g/mol. The SMILES string of the molecule is CC(=O)O.CC1(O)CCCOC1. The lowest BCUT2D eigenvalue weighted by atomic mass is 10.00. The molecule has 4 heteroatoms. The third kappa shape index (κ3) is 7.50. The number of hydrogen-bond acceptors (Lipinski definition) is 3. The normalized spacial score (nSPS) is 28.6. The molecule has 1 fully saturated rings. The van der Waals surface area contributed by atoms with Gasteiger partial charge in [-0.05, 0) is 19.8 Å². The summed E-state index contributed by atoms with van der Waals surface area (Å²) in [5.41, 5.74) is -0.543. The first kappa shape index (κ1) is 11.4. The van der Waals surface area contributed by atoms with Crippen molar-refractivity contribution < 1.29 is 19.7 Å². The van der Waals surface area contributed by atoms with Crippen molar-refractivity contribution in [2.24, 2.45) is 0 Å². The Bertz CT molecular complexity index is 130. The highest BCUT2D eigenvalue weighted by Crippen LogP contribution is 2.16. The van der Waals surface area contributed by atoms with Crippen molar-refractivity contribution in [3.8, 4) is 0 Å². The second kappa shape index (κ2) is 5.11. The Balaban J connectivity index is 0.000000261. The minimum Gasteiger partial charge on any atom is -0.481 e. The maximum atomic E-state index is 9.25. The molecule has 2 N–H and O–H groups in total. The zero-order valence-corrected chi connectivity index (χ0v) is 7.54. The number of aliphatic carboxylic acids is 1. The smallest absolute Gasteiger partial charge is 0.300 e. The van der Waals surface area contributed by atoms with E-state index >= 15 is 0 Å². The van der Waals surface area contributed by atoms with Gasteiger partial charge in [-0.25, -0.2) is 0 Å². The zero-order valence-electron chi connectivity index (χ0n) is 7.54. The third-order valence-corrected chi connectivity index (χ3v) is 1.42. The second-order valence-electron chi connectivity index (χ2n) is 3.17. The largest absolute Gasteiger partial charge is 0.481 e. The van der Waals surface area contributed by atoms with E-state index in [1.807, 2.05) is 6.92 Å². The lowest BCUT2D eigenvalue weighted by Gasteiger charge is -2.27. The molecule has 0 aromatic heterocycles. The van der Waals surface area contributed by atoms with Gasteiger partial charge in [0.2, 0.25) is 0 Å². The average molecular weight is 176 g/mol. The Morgan fingerprint density at radius 2 is 2.08 bits per heavy atom. The highest BCUT2D eigenvalue weighted by molar-refractivity contribution is 5.62. The first-order valence-corrected chi connectivity index (χ1v) is 3.94. The summed E-state index contributed by atoms with van der Waals surface area (Å²) in [4.78, 5) is 9.00. The number of rotatable bonds is 0. The summed E-state index contributed by atoms with van der Waals surface area (Å²) in [5.74, 6) is -0.833. The van der Waals surface area contributed by atoms with Crippen LogP contribution in [-0.2, 0) is 9.53 Å². The maximum absolute atomic E-state index is 9.25. The predicted octanol–water partition coefficient (Wildman–Crippen LogP) is 0.639. The third-order valence-electron chi connectivity index (χ3n) is 1.42. The molecule has 1 atom stereocenters. The van der Waals surface area contributed by atoms with Gasteiger partial charge in [0.25, 0.3) is 5.97 Å². The number of aliphatic hydroxyl groups is 1. The van der Waals surface area contributed by atoms with Crippen molar-refractivity contribution in [1.82, 2.24) is 0 Å². The van der Waals surface area contributed by atoms with Crippen molar-refractivity contribution in [1.29, 1.82) is 0 Å². The van der Waals surface area contributed by atoms with Crippen LogP contribution in [0.3, 0.4) is 0 Å². The number of carboxylic acids is 1. The van der Waals surface area contributed by atoms with Gasteiger partial charge in [0, 0.05) is 13.5 Å². The van der Waals surface area contributed by atoms with E-state index in [9.17, 15) is 5.11 Å². The minimum absolute atomic E-state index is 0.507. The van der Waals surface area contributed by atoms with Gasteiger partial charge >= 0.3 is 0 Å². The van der Waals surface area contributed by atoms with Gasteiger partial charge in [0.05, 0.1) is 12.2 Å². The zero-order chi connectivity index (χ0) is 9.61. The molecule has 0 spiro atoms. The fraction of sp³-hybridized carbons (Fsp3) is 0.875. The van der Waals surface area contributed by atoms with Crippen LogP contribution in [0.25, 0.3) is 0 Å². The molecule has 1 aliphatic heterocycles. The van der Waals surface area contributed by atoms with Gasteiger partial charge in [0.15, 0.2) is 0 Å². The molecule has 4 nitrogen and oxygen atoms in total. The highest BCUT2D eigenvalue weighted by Gasteiger charge is 2.23. The van der Waals surface area contributed by atoms with Gasteiger partial charge < -0.3 is 14.9 Å². The molecule has 1 heterocycles. The van der Waals surface area contributed by atoms with Crippen molar-refractivity contribution in [3.05, 3.63) is 0 Å². The van der Waals surface area contributed by atoms with Gasteiger partial charge in [-0.15, -0.1) is 0 Å². The number of hydrogen-bond donors (Lipinski definition) is 2. The topological polar surface area (TPSA) is 66.8 Å². The first-order valence-electron chi connectivity index (χ1n) is 3.94. The van der Waals surface area contributed by atoms with Crippen molar-refractivity contribution >= 4 is 5.97 Å². The van der Waals surface area contributed by atoms with E-state index in [1.54, 1.807) is 0 Å². The molecular formula is C8H16O4. The Morgan fingerprint density at radius 1 is 1.58 bits per heavy atom. The summed E-state index contributed by atoms with van der Waals surface area (Å²) >= 11 is 0. The standard InChI is InChI=1S/C6H12O2.C2H4O2/c1-6(7)3-2-4-8-5-6;1-2(3)4/h7H,2-5H2,1H3;1H3,(H,3,4). The van der Waals surface area contributed by atoms with Crippen LogP contribution >= 0.6 is 0 Å². The van der Waals surface area contributed by atoms with Crippen LogP contribution in [0.2, 0.25) is 0 Å². The molecule has 0 aromatic carbocycles. The summed E-state index contributed by atoms with van der Waals surface area (Å²) in [6, 6.07) is 0. The lowest BCUT2D eigenvalue weighted by Crippen LogP contribution is -2.34. The monoisotopic (exact) mass is 176 g/mol. The Morgan fingerprint density at radius 3 is 2.25 bits per heavy atom. The van der Waals surface area contributed by atoms with E-state index in [0.717, 1.165) is 26.4 Å². The van der Waals surface area contributed by atoms with Crippen LogP contribution in [0.15, 0.2) is 0 Å². The van der Waals surface area contributed by atoms with Crippen molar-refractivity contribution in [2.45, 2.75) is 32.3 Å². The molecule has 1 aliphatic rings. The average Bonchev–Trinajstić information content (AvgIpc) is 1.85. The summed E-state index contributed by atoms with van der Waals surface area (Å²) in [6.45, 7) is 4.22. The molecule has 0 saturated carbocycles. The summed E-state index contributed by atoms with van der Waals surface area (Å²) < 4.78 is 5.03. The van der Waals surface area contributed by atoms with Gasteiger partial charge in [-0.2, -0.15) is 0 Å². The molecule has 0 amide bonds. The molecule has 1 rings (SSSR count). The fourth-order valence-corrected chi connectivity index (χ4v) is 0.919. The molecule has 12 heavy (non-hydrogen) atoms. The Labute approximate surface area is 72.2 Å². The molecule has 0 aromatic rings. The predicted molar refractivity (Wildman–Crippen MR) is 44.0 cm³/mol. The lowest BCUT2D eigenvalue weighted by molar-refractivity contribution is -0.134. The van der Waals surface area contributed by atoms with E-state index in [1.165, 1.54) is 0 Å². The molecule has 72 valence electrons. The first-order chi connectivity index (χ1) is 5.44. The van der Waals surface area contributed by atoms with E-state index in [-0.39, 0.29) is 0 Å². The minimum atomic E-state index is -0.833. The highest BCUT2D eigenvalue weighted by atomic mass is 16.5. The molecule has 1 saturated heterocycles. The summed E-state index contributed by atoms with van der Waals surface area (Å²) in [5, 5.41) is 16.7. The van der Waals surface area contributed by atoms with Crippen LogP contribution in [0, 0.1) is 0 Å². The van der Waals surface area contributed by atoms with Gasteiger partial charge in [0.1, 0.15) is 0 Å². The Hall–Kier alpha value is -0.610. The van der Waals surface area contributed by atoms with E-state index in [4.69, 9.17) is 14.6 Å². The number of ether oxygens (including phenoxy) is 1. The van der Waals surface area contributed by atoms with Crippen molar-refractivity contribution in [2.75, 3.05) is 13.2 Å². The van der Waals surface area contributed by atoms with Crippen LogP contribution in [0.4, 0.5) is 0 Å². The van der Waals surface area contributed by atoms with Crippen LogP contribution in [-0.4, -0.2) is 35.0 Å². The second-order valence-corrected chi connectivity index (χ2v) is 3.17. The van der Waals surface area contributed by atoms with Crippen LogP contribution in [0.1, 0.15) is 26.7 Å². The van der Waals surface area contributed by atoms with E-state index < -0.39 is 11.6 Å². The van der Waals surface area contributed by atoms with Crippen LogP contribution < -0.4 is 0 Å². The molecule has 0 bridgehead atoms. The fourth-order valence-electron chi connectivity index (χ4n) is 0.919. The quantitative estimate of drug-likeness (QED) is 0.568. The van der Waals surface area contributed by atoms with E-state index in [2.05, 4.69) is 0 Å². The Kier molecular flexibility index (Phi) is 4.85. The van der Waals surface area contributed by atoms with Crippen LogP contribution in [0.5, 0.6) is 0 Å². The van der Waals surface area contributed by atoms with Crippen molar-refractivity contribution in [3.63, 3.8) is 0 Å². The number of carbonyl (C=O) groups is 1. The van der Waals surface area contributed by atoms with E-state index in [0.29, 0.717) is 6.61 Å². The summed E-state index contributed by atoms with van der Waals surface area (Å²) in [7, 11) is 0. The summed E-state index contributed by atoms with van der Waals surface area (Å²) in [6.07, 6.45) is 1.88. The molecule has 1 unspecified atom stereocenters.